The Morgan fingerprint density at radius 1 is 0.889 bits per heavy atom. The second-order valence-electron chi connectivity index (χ2n) is 6.55. The minimum atomic E-state index is 0.692. The lowest BCUT2D eigenvalue weighted by Crippen LogP contribution is -2.07. The van der Waals surface area contributed by atoms with Gasteiger partial charge >= 0.3 is 0 Å². The zero-order chi connectivity index (χ0) is 18.8. The lowest BCUT2D eigenvalue weighted by Gasteiger charge is -2.08. The highest BCUT2D eigenvalue weighted by Gasteiger charge is 2.08. The van der Waals surface area contributed by atoms with Crippen LogP contribution in [0.1, 0.15) is 11.1 Å². The van der Waals surface area contributed by atoms with Crippen LogP contribution in [-0.4, -0.2) is 0 Å². The van der Waals surface area contributed by atoms with Crippen LogP contribution < -0.4 is 10.8 Å². The van der Waals surface area contributed by atoms with Gasteiger partial charge in [-0.1, -0.05) is 59.6 Å². The molecule has 0 atom stereocenters. The van der Waals surface area contributed by atoms with Gasteiger partial charge in [0.05, 0.1) is 11.0 Å². The highest BCUT2D eigenvalue weighted by molar-refractivity contribution is 6.32. The quantitative estimate of drug-likeness (QED) is 0.427. The average Bonchev–Trinajstić information content (AvgIpc) is 2.68. The van der Waals surface area contributed by atoms with E-state index in [2.05, 4.69) is 41.7 Å². The molecule has 1 heterocycles. The number of anilines is 1. The van der Waals surface area contributed by atoms with Crippen molar-refractivity contribution in [1.82, 2.24) is 0 Å². The van der Waals surface area contributed by atoms with Crippen molar-refractivity contribution >= 4 is 28.3 Å². The molecule has 0 aliphatic carbocycles. The Balaban J connectivity index is 1.91. The molecule has 0 amide bonds. The fourth-order valence-corrected chi connectivity index (χ4v) is 3.04. The van der Waals surface area contributed by atoms with E-state index >= 15 is 0 Å². The lowest BCUT2D eigenvalue weighted by atomic mass is 10.1. The van der Waals surface area contributed by atoms with Gasteiger partial charge in [-0.15, -0.1) is 0 Å². The summed E-state index contributed by atoms with van der Waals surface area (Å²) in [4.78, 5) is 0. The van der Waals surface area contributed by atoms with E-state index in [4.69, 9.17) is 16.0 Å². The van der Waals surface area contributed by atoms with Crippen molar-refractivity contribution in [2.45, 2.75) is 13.8 Å². The molecule has 0 radical (unpaired) electrons. The van der Waals surface area contributed by atoms with E-state index < -0.39 is 0 Å². The number of fused-ring (bicyclic) bond motifs is 1. The fourth-order valence-electron chi connectivity index (χ4n) is 2.88. The molecular weight excluding hydrogens is 356 g/mol. The highest BCUT2D eigenvalue weighted by atomic mass is 35.5. The van der Waals surface area contributed by atoms with Crippen LogP contribution in [0, 0.1) is 13.8 Å². The van der Waals surface area contributed by atoms with E-state index in [1.54, 1.807) is 0 Å². The van der Waals surface area contributed by atoms with Gasteiger partial charge in [0.2, 0.25) is 0 Å². The zero-order valence-electron chi connectivity index (χ0n) is 15.2. The molecule has 4 rings (SSSR count). The molecule has 0 spiro atoms. The molecule has 1 N–H and O–H groups in total. The second-order valence-corrected chi connectivity index (χ2v) is 6.96. The Kier molecular flexibility index (Phi) is 4.69. The van der Waals surface area contributed by atoms with E-state index in [9.17, 15) is 0 Å². The lowest BCUT2D eigenvalue weighted by molar-refractivity contribution is 0.618. The van der Waals surface area contributed by atoms with Gasteiger partial charge in [-0.3, -0.25) is 5.43 Å². The number of rotatable bonds is 3. The minimum absolute atomic E-state index is 0.692. The van der Waals surface area contributed by atoms with Crippen molar-refractivity contribution in [2.24, 2.45) is 5.10 Å². The first-order valence-electron chi connectivity index (χ1n) is 8.76. The molecule has 0 unspecified atom stereocenters. The number of aryl methyl sites for hydroxylation is 2. The summed E-state index contributed by atoms with van der Waals surface area (Å²) in [6.07, 6.45) is 0. The van der Waals surface area contributed by atoms with Crippen LogP contribution in [0.5, 0.6) is 0 Å². The number of nitrogens with one attached hydrogen (secondary N) is 1. The van der Waals surface area contributed by atoms with Crippen LogP contribution >= 0.6 is 11.6 Å². The first-order valence-corrected chi connectivity index (χ1v) is 9.14. The Morgan fingerprint density at radius 3 is 2.37 bits per heavy atom. The predicted octanol–water partition coefficient (Wildman–Crippen LogP) is 6.30. The normalized spacial score (nSPS) is 11.7. The number of hydrogen-bond donors (Lipinski definition) is 1. The van der Waals surface area contributed by atoms with Gasteiger partial charge < -0.3 is 4.42 Å². The standard InChI is InChI=1S/C23H19ClN2O/c1-15-8-10-17(11-9-15)22-14-21(26-25-18-6-4-3-5-7-18)19-13-20(24)16(2)12-23(19)27-22/h3-14,25H,1-2H3/b26-21-. The molecule has 4 aromatic rings. The Bertz CT molecular complexity index is 1160. The van der Waals surface area contributed by atoms with Crippen LogP contribution in [0.2, 0.25) is 5.02 Å². The fraction of sp³-hybridized carbons (Fsp3) is 0.0870. The van der Waals surface area contributed by atoms with Gasteiger partial charge in [-0.25, -0.2) is 0 Å². The number of hydrogen-bond acceptors (Lipinski definition) is 3. The minimum Gasteiger partial charge on any atom is -0.456 e. The van der Waals surface area contributed by atoms with Gasteiger partial charge in [-0.05, 0) is 43.7 Å². The molecule has 0 saturated heterocycles. The van der Waals surface area contributed by atoms with E-state index in [-0.39, 0.29) is 0 Å². The first kappa shape index (κ1) is 17.4. The molecule has 1 aromatic heterocycles. The Morgan fingerprint density at radius 2 is 1.63 bits per heavy atom. The molecule has 3 aromatic carbocycles. The van der Waals surface area contributed by atoms with Crippen molar-refractivity contribution in [1.29, 1.82) is 0 Å². The molecule has 0 aliphatic rings. The van der Waals surface area contributed by atoms with Gasteiger partial charge in [0, 0.05) is 22.0 Å². The van der Waals surface area contributed by atoms with Crippen LogP contribution in [0.25, 0.3) is 22.3 Å². The average molecular weight is 375 g/mol. The summed E-state index contributed by atoms with van der Waals surface area (Å²) in [5.41, 5.74) is 7.97. The maximum absolute atomic E-state index is 6.35. The maximum Gasteiger partial charge on any atom is 0.137 e. The van der Waals surface area contributed by atoms with Crippen molar-refractivity contribution in [3.63, 3.8) is 0 Å². The van der Waals surface area contributed by atoms with Crippen LogP contribution in [0.3, 0.4) is 0 Å². The van der Waals surface area contributed by atoms with Gasteiger partial charge in [0.25, 0.3) is 0 Å². The largest absolute Gasteiger partial charge is 0.456 e. The smallest absolute Gasteiger partial charge is 0.137 e. The summed E-state index contributed by atoms with van der Waals surface area (Å²) < 4.78 is 6.17. The molecule has 27 heavy (non-hydrogen) atoms. The number of nitrogens with zero attached hydrogens (tertiary/aromatic N) is 1. The number of para-hydroxylation sites is 1. The van der Waals surface area contributed by atoms with E-state index in [1.165, 1.54) is 5.56 Å². The monoisotopic (exact) mass is 374 g/mol. The molecule has 0 aliphatic heterocycles. The number of benzene rings is 3. The van der Waals surface area contributed by atoms with E-state index in [0.717, 1.165) is 38.9 Å². The van der Waals surface area contributed by atoms with Crippen molar-refractivity contribution < 1.29 is 4.42 Å². The summed E-state index contributed by atoms with van der Waals surface area (Å²) in [5, 5.41) is 6.94. The van der Waals surface area contributed by atoms with Crippen molar-refractivity contribution in [2.75, 3.05) is 5.43 Å². The van der Waals surface area contributed by atoms with Gasteiger partial charge in [-0.2, -0.15) is 5.10 Å². The first-order chi connectivity index (χ1) is 13.1. The molecule has 3 nitrogen and oxygen atoms in total. The summed E-state index contributed by atoms with van der Waals surface area (Å²) in [7, 11) is 0. The van der Waals surface area contributed by atoms with Crippen molar-refractivity contribution in [3.8, 4) is 11.3 Å². The Labute approximate surface area is 162 Å². The molecule has 0 bridgehead atoms. The third-order valence-electron chi connectivity index (χ3n) is 4.44. The third kappa shape index (κ3) is 3.74. The van der Waals surface area contributed by atoms with Crippen molar-refractivity contribution in [3.05, 3.63) is 94.3 Å². The molecular formula is C23H19ClN2O. The SMILES string of the molecule is Cc1ccc(-c2c/c(=N/Nc3ccccc3)c3cc(Cl)c(C)cc3o2)cc1. The maximum atomic E-state index is 6.35. The topological polar surface area (TPSA) is 37.5 Å². The Hall–Kier alpha value is -3.04. The summed E-state index contributed by atoms with van der Waals surface area (Å²) in [5.74, 6) is 0.762. The highest BCUT2D eigenvalue weighted by Crippen LogP contribution is 2.26. The van der Waals surface area contributed by atoms with E-state index in [1.807, 2.05) is 55.5 Å². The van der Waals surface area contributed by atoms with Gasteiger partial charge in [0.1, 0.15) is 11.3 Å². The van der Waals surface area contributed by atoms with E-state index in [0.29, 0.717) is 5.02 Å². The molecule has 0 saturated carbocycles. The van der Waals surface area contributed by atoms with Gasteiger partial charge in [0.15, 0.2) is 0 Å². The molecule has 134 valence electrons. The summed E-state index contributed by atoms with van der Waals surface area (Å²) in [6.45, 7) is 4.03. The summed E-state index contributed by atoms with van der Waals surface area (Å²) >= 11 is 6.35. The summed E-state index contributed by atoms with van der Waals surface area (Å²) in [6, 6.07) is 23.9. The number of halogens is 1. The van der Waals surface area contributed by atoms with Crippen LogP contribution in [0.4, 0.5) is 5.69 Å². The third-order valence-corrected chi connectivity index (χ3v) is 4.85. The predicted molar refractivity (Wildman–Crippen MR) is 112 cm³/mol. The zero-order valence-corrected chi connectivity index (χ0v) is 15.9. The molecule has 4 heteroatoms. The van der Waals surface area contributed by atoms with Crippen LogP contribution in [-0.2, 0) is 0 Å². The van der Waals surface area contributed by atoms with Crippen LogP contribution in [0.15, 0.2) is 82.3 Å². The molecule has 0 fully saturated rings. The second kappa shape index (κ2) is 7.29.